The van der Waals surface area contributed by atoms with Gasteiger partial charge in [0, 0.05) is 13.1 Å². The molecule has 0 aromatic rings. The summed E-state index contributed by atoms with van der Waals surface area (Å²) in [6, 6.07) is 0. The van der Waals surface area contributed by atoms with Gasteiger partial charge >= 0.3 is 0 Å². The van der Waals surface area contributed by atoms with Crippen molar-refractivity contribution in [3.05, 3.63) is 0 Å². The minimum atomic E-state index is 0.591. The first-order valence-corrected chi connectivity index (χ1v) is 7.17. The van der Waals surface area contributed by atoms with Crippen molar-refractivity contribution >= 4 is 0 Å². The maximum atomic E-state index is 3.55. The Morgan fingerprint density at radius 3 is 2.88 bits per heavy atom. The summed E-state index contributed by atoms with van der Waals surface area (Å²) in [6.07, 6.45) is 6.98. The average Bonchev–Trinajstić information content (AvgIpc) is 2.66. The molecule has 94 valence electrons. The van der Waals surface area contributed by atoms with Crippen LogP contribution < -0.4 is 5.32 Å². The lowest BCUT2D eigenvalue weighted by atomic mass is 9.83. The van der Waals surface area contributed by atoms with E-state index >= 15 is 0 Å². The molecule has 2 heterocycles. The lowest BCUT2D eigenvalue weighted by molar-refractivity contribution is 0.161. The molecule has 0 radical (unpaired) electrons. The fraction of sp³-hybridized carbons (Fsp3) is 1.00. The molecule has 0 saturated carbocycles. The van der Waals surface area contributed by atoms with E-state index in [1.54, 1.807) is 0 Å². The van der Waals surface area contributed by atoms with Crippen LogP contribution in [0.3, 0.4) is 0 Å². The Kier molecular flexibility index (Phi) is 4.26. The van der Waals surface area contributed by atoms with Gasteiger partial charge in [-0.3, -0.25) is 0 Å². The molecule has 2 saturated heterocycles. The van der Waals surface area contributed by atoms with Crippen molar-refractivity contribution < 1.29 is 0 Å². The minimum absolute atomic E-state index is 0.591. The number of rotatable bonds is 3. The van der Waals surface area contributed by atoms with Gasteiger partial charge < -0.3 is 10.2 Å². The van der Waals surface area contributed by atoms with E-state index in [4.69, 9.17) is 0 Å². The fourth-order valence-electron chi connectivity index (χ4n) is 3.30. The van der Waals surface area contributed by atoms with Gasteiger partial charge in [0.15, 0.2) is 0 Å². The van der Waals surface area contributed by atoms with Crippen molar-refractivity contribution in [2.24, 2.45) is 11.3 Å². The van der Waals surface area contributed by atoms with Crippen molar-refractivity contribution in [2.45, 2.75) is 46.0 Å². The van der Waals surface area contributed by atoms with Crippen molar-refractivity contribution in [2.75, 3.05) is 32.7 Å². The largest absolute Gasteiger partial charge is 0.316 e. The molecule has 2 heteroatoms. The third-order valence-electron chi connectivity index (χ3n) is 4.75. The predicted octanol–water partition coefficient (Wildman–Crippen LogP) is 2.50. The molecule has 0 aromatic heterocycles. The third kappa shape index (κ3) is 2.98. The van der Waals surface area contributed by atoms with Crippen molar-refractivity contribution in [1.29, 1.82) is 0 Å². The van der Waals surface area contributed by atoms with Gasteiger partial charge in [0.1, 0.15) is 0 Å². The fourth-order valence-corrected chi connectivity index (χ4v) is 3.30. The van der Waals surface area contributed by atoms with E-state index < -0.39 is 0 Å². The Bertz CT molecular complexity index is 209. The van der Waals surface area contributed by atoms with Crippen LogP contribution in [0, 0.1) is 11.3 Å². The van der Waals surface area contributed by atoms with Gasteiger partial charge in [-0.25, -0.2) is 0 Å². The van der Waals surface area contributed by atoms with Crippen LogP contribution in [0.2, 0.25) is 0 Å². The van der Waals surface area contributed by atoms with Gasteiger partial charge in [-0.1, -0.05) is 13.8 Å². The van der Waals surface area contributed by atoms with E-state index in [-0.39, 0.29) is 0 Å². The van der Waals surface area contributed by atoms with E-state index in [9.17, 15) is 0 Å². The molecule has 2 fully saturated rings. The molecule has 2 aliphatic rings. The van der Waals surface area contributed by atoms with Gasteiger partial charge in [0.25, 0.3) is 0 Å². The standard InChI is InChI=1S/C14H28N2/c1-3-14(7-8-15-11-14)12-16-9-4-5-13(2)6-10-16/h13,15H,3-12H2,1-2H3. The van der Waals surface area contributed by atoms with Crippen molar-refractivity contribution in [3.63, 3.8) is 0 Å². The number of nitrogens with zero attached hydrogens (tertiary/aromatic N) is 1. The Morgan fingerprint density at radius 2 is 2.19 bits per heavy atom. The van der Waals surface area contributed by atoms with Gasteiger partial charge in [-0.15, -0.1) is 0 Å². The Labute approximate surface area is 101 Å². The lowest BCUT2D eigenvalue weighted by Gasteiger charge is -2.33. The van der Waals surface area contributed by atoms with Crippen LogP contribution in [0.25, 0.3) is 0 Å². The molecule has 0 aliphatic carbocycles. The SMILES string of the molecule is CCC1(CN2CCCC(C)CC2)CCNC1. The molecule has 0 spiro atoms. The zero-order valence-electron chi connectivity index (χ0n) is 11.1. The van der Waals surface area contributed by atoms with E-state index in [2.05, 4.69) is 24.1 Å². The van der Waals surface area contributed by atoms with Gasteiger partial charge in [0.2, 0.25) is 0 Å². The quantitative estimate of drug-likeness (QED) is 0.792. The molecule has 2 rings (SSSR count). The second kappa shape index (κ2) is 5.50. The molecule has 2 unspecified atom stereocenters. The summed E-state index contributed by atoms with van der Waals surface area (Å²) in [5, 5.41) is 3.55. The topological polar surface area (TPSA) is 15.3 Å². The lowest BCUT2D eigenvalue weighted by Crippen LogP contribution is -2.39. The highest BCUT2D eigenvalue weighted by Gasteiger charge is 2.33. The zero-order valence-corrected chi connectivity index (χ0v) is 11.1. The first-order valence-electron chi connectivity index (χ1n) is 7.17. The summed E-state index contributed by atoms with van der Waals surface area (Å²) >= 11 is 0. The molecule has 1 N–H and O–H groups in total. The summed E-state index contributed by atoms with van der Waals surface area (Å²) in [5.41, 5.74) is 0.591. The van der Waals surface area contributed by atoms with Crippen LogP contribution in [0.5, 0.6) is 0 Å². The summed E-state index contributed by atoms with van der Waals surface area (Å²) in [4.78, 5) is 2.74. The molecule has 0 amide bonds. The first kappa shape index (κ1) is 12.4. The van der Waals surface area contributed by atoms with Crippen LogP contribution >= 0.6 is 0 Å². The van der Waals surface area contributed by atoms with Crippen LogP contribution in [-0.2, 0) is 0 Å². The highest BCUT2D eigenvalue weighted by Crippen LogP contribution is 2.31. The summed E-state index contributed by atoms with van der Waals surface area (Å²) < 4.78 is 0. The van der Waals surface area contributed by atoms with Crippen molar-refractivity contribution in [3.8, 4) is 0 Å². The van der Waals surface area contributed by atoms with E-state index in [1.807, 2.05) is 0 Å². The monoisotopic (exact) mass is 224 g/mol. The molecule has 2 atom stereocenters. The number of likely N-dealkylation sites (tertiary alicyclic amines) is 1. The molecule has 0 bridgehead atoms. The molecule has 2 nitrogen and oxygen atoms in total. The second-order valence-electron chi connectivity index (χ2n) is 6.09. The smallest absolute Gasteiger partial charge is 0.00505 e. The molecule has 16 heavy (non-hydrogen) atoms. The Hall–Kier alpha value is -0.0800. The van der Waals surface area contributed by atoms with Gasteiger partial charge in [0.05, 0.1) is 0 Å². The average molecular weight is 224 g/mol. The Morgan fingerprint density at radius 1 is 1.31 bits per heavy atom. The van der Waals surface area contributed by atoms with E-state index in [1.165, 1.54) is 64.8 Å². The predicted molar refractivity (Wildman–Crippen MR) is 69.7 cm³/mol. The van der Waals surface area contributed by atoms with Crippen LogP contribution in [0.1, 0.15) is 46.0 Å². The molecule has 0 aromatic carbocycles. The Balaban J connectivity index is 1.87. The zero-order chi connectivity index (χ0) is 11.4. The summed E-state index contributed by atoms with van der Waals surface area (Å²) in [7, 11) is 0. The van der Waals surface area contributed by atoms with E-state index in [0.29, 0.717) is 5.41 Å². The molecule has 2 aliphatic heterocycles. The number of hydrogen-bond acceptors (Lipinski definition) is 2. The minimum Gasteiger partial charge on any atom is -0.316 e. The maximum Gasteiger partial charge on any atom is 0.00505 e. The van der Waals surface area contributed by atoms with Crippen LogP contribution in [0.15, 0.2) is 0 Å². The number of nitrogens with one attached hydrogen (secondary N) is 1. The van der Waals surface area contributed by atoms with Crippen molar-refractivity contribution in [1.82, 2.24) is 10.2 Å². The molecular weight excluding hydrogens is 196 g/mol. The van der Waals surface area contributed by atoms with Crippen LogP contribution in [-0.4, -0.2) is 37.6 Å². The molecular formula is C14H28N2. The summed E-state index contributed by atoms with van der Waals surface area (Å²) in [5.74, 6) is 0.948. The van der Waals surface area contributed by atoms with Gasteiger partial charge in [-0.2, -0.15) is 0 Å². The van der Waals surface area contributed by atoms with E-state index in [0.717, 1.165) is 5.92 Å². The first-order chi connectivity index (χ1) is 7.74. The highest BCUT2D eigenvalue weighted by atomic mass is 15.1. The van der Waals surface area contributed by atoms with Crippen LogP contribution in [0.4, 0.5) is 0 Å². The maximum absolute atomic E-state index is 3.55. The van der Waals surface area contributed by atoms with Gasteiger partial charge in [-0.05, 0) is 63.1 Å². The highest BCUT2D eigenvalue weighted by molar-refractivity contribution is 4.89. The normalized spacial score (nSPS) is 37.5. The number of hydrogen-bond donors (Lipinski definition) is 1. The second-order valence-corrected chi connectivity index (χ2v) is 6.09. The summed E-state index contributed by atoms with van der Waals surface area (Å²) in [6.45, 7) is 11.3. The third-order valence-corrected chi connectivity index (χ3v) is 4.75.